The molecule has 1 heteroatoms. The Morgan fingerprint density at radius 3 is 2.62 bits per heavy atom. The molecular formula is C12H17O+. The average Bonchev–Trinajstić information content (AvgIpc) is 2.20. The van der Waals surface area contributed by atoms with Crippen LogP contribution in [0.1, 0.15) is 30.9 Å². The standard InChI is InChI=1S/C12H17O/c1-13-10-6-5-9-12(13)11-7-3-2-4-8-11/h2-4,7-8,12H,5-6,9-10H2,1H3/q+1. The molecule has 70 valence electrons. The maximum absolute atomic E-state index is 3.26. The van der Waals surface area contributed by atoms with E-state index in [2.05, 4.69) is 41.8 Å². The molecule has 0 bridgehead atoms. The van der Waals surface area contributed by atoms with Crippen molar-refractivity contribution in [3.8, 4) is 0 Å². The second-order valence-electron chi connectivity index (χ2n) is 3.79. The lowest BCUT2D eigenvalue weighted by Crippen LogP contribution is -2.22. The summed E-state index contributed by atoms with van der Waals surface area (Å²) in [7, 11) is 2.15. The van der Waals surface area contributed by atoms with Gasteiger partial charge < -0.3 is 4.37 Å². The third-order valence-electron chi connectivity index (χ3n) is 2.84. The molecular weight excluding hydrogens is 160 g/mol. The van der Waals surface area contributed by atoms with E-state index in [-0.39, 0.29) is 0 Å². The van der Waals surface area contributed by atoms with Gasteiger partial charge in [-0.15, -0.1) is 0 Å². The Balaban J connectivity index is 2.15. The normalized spacial score (nSPS) is 24.5. The van der Waals surface area contributed by atoms with Crippen molar-refractivity contribution in [1.82, 2.24) is 0 Å². The molecule has 1 saturated heterocycles. The van der Waals surface area contributed by atoms with E-state index in [0.717, 1.165) is 0 Å². The maximum atomic E-state index is 3.26. The fraction of sp³-hybridized carbons (Fsp3) is 0.500. The monoisotopic (exact) mass is 177 g/mol. The summed E-state index contributed by atoms with van der Waals surface area (Å²) in [4.78, 5) is 0. The summed E-state index contributed by atoms with van der Waals surface area (Å²) >= 11 is 0. The lowest BCUT2D eigenvalue weighted by atomic mass is 10.0. The van der Waals surface area contributed by atoms with Crippen LogP contribution in [0.4, 0.5) is 0 Å². The highest BCUT2D eigenvalue weighted by atomic mass is 16.7. The molecule has 0 aromatic heterocycles. The first-order valence-electron chi connectivity index (χ1n) is 5.04. The van der Waals surface area contributed by atoms with Crippen LogP contribution in [-0.2, 0) is 4.37 Å². The van der Waals surface area contributed by atoms with E-state index in [1.54, 1.807) is 0 Å². The Hall–Kier alpha value is -0.820. The summed E-state index contributed by atoms with van der Waals surface area (Å²) in [5.41, 5.74) is 1.44. The second kappa shape index (κ2) is 3.93. The average molecular weight is 177 g/mol. The molecule has 1 nitrogen and oxygen atoms in total. The van der Waals surface area contributed by atoms with Gasteiger partial charge in [-0.3, -0.25) is 0 Å². The van der Waals surface area contributed by atoms with Gasteiger partial charge in [-0.1, -0.05) is 30.3 Å². The zero-order chi connectivity index (χ0) is 9.10. The van der Waals surface area contributed by atoms with Crippen molar-refractivity contribution in [2.24, 2.45) is 0 Å². The minimum Gasteiger partial charge on any atom is -0.418 e. The molecule has 0 radical (unpaired) electrons. The van der Waals surface area contributed by atoms with E-state index in [9.17, 15) is 0 Å². The van der Waals surface area contributed by atoms with Crippen LogP contribution in [0.3, 0.4) is 0 Å². The Morgan fingerprint density at radius 2 is 1.92 bits per heavy atom. The molecule has 0 N–H and O–H groups in total. The predicted molar refractivity (Wildman–Crippen MR) is 54.9 cm³/mol. The van der Waals surface area contributed by atoms with Gasteiger partial charge in [0, 0.05) is 18.4 Å². The van der Waals surface area contributed by atoms with Crippen LogP contribution in [0, 0.1) is 0 Å². The Labute approximate surface area is 80.0 Å². The van der Waals surface area contributed by atoms with Crippen LogP contribution in [-0.4, -0.2) is 13.7 Å². The number of benzene rings is 1. The molecule has 1 heterocycles. The Bertz CT molecular complexity index is 255. The van der Waals surface area contributed by atoms with Gasteiger partial charge >= 0.3 is 0 Å². The fourth-order valence-electron chi connectivity index (χ4n) is 2.07. The Morgan fingerprint density at radius 1 is 1.15 bits per heavy atom. The van der Waals surface area contributed by atoms with Crippen molar-refractivity contribution in [2.45, 2.75) is 25.4 Å². The topological polar surface area (TPSA) is 2.70 Å². The maximum Gasteiger partial charge on any atom is 0.181 e. The van der Waals surface area contributed by atoms with Crippen molar-refractivity contribution in [2.75, 3.05) is 13.7 Å². The summed E-state index contributed by atoms with van der Waals surface area (Å²) in [5, 5.41) is 0. The lowest BCUT2D eigenvalue weighted by molar-refractivity contribution is -0.181. The molecule has 1 atom stereocenters. The third-order valence-corrected chi connectivity index (χ3v) is 2.84. The summed E-state index contributed by atoms with van der Waals surface area (Å²) in [6.07, 6.45) is 4.54. The Kier molecular flexibility index (Phi) is 2.65. The van der Waals surface area contributed by atoms with Crippen LogP contribution >= 0.6 is 0 Å². The van der Waals surface area contributed by atoms with Crippen LogP contribution < -0.4 is 0 Å². The van der Waals surface area contributed by atoms with Crippen molar-refractivity contribution in [3.63, 3.8) is 0 Å². The highest BCUT2D eigenvalue weighted by Crippen LogP contribution is 2.32. The minimum absolute atomic E-state index is 0.579. The van der Waals surface area contributed by atoms with Crippen LogP contribution in [0.2, 0.25) is 0 Å². The molecule has 0 amide bonds. The van der Waals surface area contributed by atoms with Crippen molar-refractivity contribution in [3.05, 3.63) is 35.9 Å². The summed E-state index contributed by atoms with van der Waals surface area (Å²) in [5.74, 6) is 0. The molecule has 13 heavy (non-hydrogen) atoms. The lowest BCUT2D eigenvalue weighted by Gasteiger charge is -2.28. The first-order chi connectivity index (χ1) is 6.38. The zero-order valence-electron chi connectivity index (χ0n) is 8.20. The number of hydrogen-bond acceptors (Lipinski definition) is 0. The van der Waals surface area contributed by atoms with Crippen LogP contribution in [0.15, 0.2) is 30.3 Å². The van der Waals surface area contributed by atoms with Crippen molar-refractivity contribution < 1.29 is 4.37 Å². The largest absolute Gasteiger partial charge is 0.418 e. The van der Waals surface area contributed by atoms with Gasteiger partial charge in [0.15, 0.2) is 6.10 Å². The number of rotatable bonds is 1. The molecule has 1 aromatic carbocycles. The zero-order valence-corrected chi connectivity index (χ0v) is 8.20. The van der Waals surface area contributed by atoms with Gasteiger partial charge in [0.2, 0.25) is 0 Å². The predicted octanol–water partition coefficient (Wildman–Crippen LogP) is 3.09. The van der Waals surface area contributed by atoms with E-state index in [4.69, 9.17) is 0 Å². The number of hydrogen-bond donors (Lipinski definition) is 0. The smallest absolute Gasteiger partial charge is 0.181 e. The van der Waals surface area contributed by atoms with Gasteiger partial charge in [-0.2, -0.15) is 0 Å². The first kappa shape index (κ1) is 8.76. The van der Waals surface area contributed by atoms with Crippen LogP contribution in [0.25, 0.3) is 0 Å². The highest BCUT2D eigenvalue weighted by Gasteiger charge is 2.25. The molecule has 2 rings (SSSR count). The molecule has 0 aliphatic carbocycles. The van der Waals surface area contributed by atoms with E-state index < -0.39 is 0 Å². The summed E-state index contributed by atoms with van der Waals surface area (Å²) < 4.78 is 3.26. The van der Waals surface area contributed by atoms with Crippen LogP contribution in [0.5, 0.6) is 0 Å². The molecule has 0 saturated carbocycles. The van der Waals surface area contributed by atoms with Gasteiger partial charge in [-0.05, 0) is 6.42 Å². The molecule has 1 unspecified atom stereocenters. The van der Waals surface area contributed by atoms with Crippen molar-refractivity contribution in [1.29, 1.82) is 0 Å². The summed E-state index contributed by atoms with van der Waals surface area (Å²) in [6.45, 7) is 1.17. The summed E-state index contributed by atoms with van der Waals surface area (Å²) in [6, 6.07) is 10.8. The van der Waals surface area contributed by atoms with Crippen molar-refractivity contribution >= 4 is 0 Å². The quantitative estimate of drug-likeness (QED) is 0.580. The minimum atomic E-state index is 0.579. The molecule has 0 spiro atoms. The molecule has 1 aliphatic rings. The fourth-order valence-corrected chi connectivity index (χ4v) is 2.07. The third kappa shape index (κ3) is 1.92. The van der Waals surface area contributed by atoms with Gasteiger partial charge in [0.05, 0.1) is 0 Å². The highest BCUT2D eigenvalue weighted by molar-refractivity contribution is 5.18. The SMILES string of the molecule is C[O+]1CCCCC1c1ccccc1. The van der Waals surface area contributed by atoms with E-state index in [0.29, 0.717) is 6.10 Å². The molecule has 1 fully saturated rings. The van der Waals surface area contributed by atoms with Gasteiger partial charge in [-0.25, -0.2) is 0 Å². The van der Waals surface area contributed by atoms with E-state index in [1.807, 2.05) is 0 Å². The van der Waals surface area contributed by atoms with Gasteiger partial charge in [0.25, 0.3) is 0 Å². The first-order valence-corrected chi connectivity index (χ1v) is 5.04. The van der Waals surface area contributed by atoms with E-state index in [1.165, 1.54) is 31.4 Å². The molecule has 1 aromatic rings. The molecule has 1 aliphatic heterocycles. The van der Waals surface area contributed by atoms with E-state index >= 15 is 0 Å². The second-order valence-corrected chi connectivity index (χ2v) is 3.79. The van der Waals surface area contributed by atoms with Gasteiger partial charge in [0.1, 0.15) is 13.7 Å².